The molecule has 1 aliphatic carbocycles. The number of rotatable bonds is 0. The molecule has 0 saturated carbocycles. The topological polar surface area (TPSA) is 0 Å². The Hall–Kier alpha value is 1.37. The Morgan fingerprint density at radius 3 is 1.92 bits per heavy atom. The van der Waals surface area contributed by atoms with Crippen molar-refractivity contribution >= 4 is 69.0 Å². The maximum atomic E-state index is 5.94. The molecular formula is C7H5Cl4I. The van der Waals surface area contributed by atoms with Gasteiger partial charge in [0.25, 0.3) is 0 Å². The second-order valence-corrected chi connectivity index (χ2v) is 5.43. The molecule has 2 unspecified atom stereocenters. The highest BCUT2D eigenvalue weighted by Gasteiger charge is 2.30. The molecule has 0 bridgehead atoms. The third-order valence-electron chi connectivity index (χ3n) is 1.69. The maximum absolute atomic E-state index is 5.94. The van der Waals surface area contributed by atoms with Crippen molar-refractivity contribution < 1.29 is 0 Å². The molecule has 0 heterocycles. The molecule has 0 radical (unpaired) electrons. The van der Waals surface area contributed by atoms with Crippen molar-refractivity contribution in [1.82, 2.24) is 0 Å². The van der Waals surface area contributed by atoms with E-state index in [1.807, 2.05) is 6.92 Å². The second kappa shape index (κ2) is 4.26. The van der Waals surface area contributed by atoms with Gasteiger partial charge < -0.3 is 0 Å². The van der Waals surface area contributed by atoms with Crippen molar-refractivity contribution in [3.63, 3.8) is 0 Å². The predicted molar refractivity (Wildman–Crippen MR) is 64.4 cm³/mol. The second-order valence-electron chi connectivity index (χ2n) is 2.51. The SMILES string of the molecule is CC1C(Cl)=C(Cl)C(Cl)=C(Cl)C1I. The molecule has 0 N–H and O–H groups in total. The van der Waals surface area contributed by atoms with Gasteiger partial charge in [-0.1, -0.05) is 75.9 Å². The van der Waals surface area contributed by atoms with Crippen LogP contribution in [-0.4, -0.2) is 3.92 Å². The summed E-state index contributed by atoms with van der Waals surface area (Å²) in [4.78, 5) is 0. The highest BCUT2D eigenvalue weighted by atomic mass is 127. The normalized spacial score (nSPS) is 31.5. The Morgan fingerprint density at radius 1 is 1.00 bits per heavy atom. The lowest BCUT2D eigenvalue weighted by atomic mass is 10.0. The molecule has 2 atom stereocenters. The minimum atomic E-state index is 0.117. The van der Waals surface area contributed by atoms with E-state index in [-0.39, 0.29) is 9.84 Å². The van der Waals surface area contributed by atoms with Crippen LogP contribution in [0.25, 0.3) is 0 Å². The summed E-state index contributed by atoms with van der Waals surface area (Å²) < 4.78 is 0.117. The van der Waals surface area contributed by atoms with Gasteiger partial charge in [0.1, 0.15) is 0 Å². The summed E-state index contributed by atoms with van der Waals surface area (Å²) in [6.45, 7) is 1.97. The van der Waals surface area contributed by atoms with Crippen LogP contribution in [0.3, 0.4) is 0 Å². The molecule has 5 heteroatoms. The summed E-state index contributed by atoms with van der Waals surface area (Å²) in [5.41, 5.74) is 0. The fourth-order valence-corrected chi connectivity index (χ4v) is 3.04. The number of allylic oxidation sites excluding steroid dienone is 4. The van der Waals surface area contributed by atoms with E-state index in [2.05, 4.69) is 22.6 Å². The maximum Gasteiger partial charge on any atom is 0.0760 e. The van der Waals surface area contributed by atoms with Gasteiger partial charge in [-0.3, -0.25) is 0 Å². The van der Waals surface area contributed by atoms with E-state index in [1.165, 1.54) is 0 Å². The average molecular weight is 358 g/mol. The zero-order valence-electron chi connectivity index (χ0n) is 6.04. The zero-order chi connectivity index (χ0) is 9.46. The van der Waals surface area contributed by atoms with Crippen LogP contribution in [0.1, 0.15) is 6.92 Å². The van der Waals surface area contributed by atoms with Gasteiger partial charge in [0.2, 0.25) is 0 Å². The van der Waals surface area contributed by atoms with Crippen LogP contribution < -0.4 is 0 Å². The quantitative estimate of drug-likeness (QED) is 0.431. The Morgan fingerprint density at radius 2 is 1.42 bits per heavy atom. The summed E-state index contributed by atoms with van der Waals surface area (Å²) in [6.07, 6.45) is 0. The third-order valence-corrected chi connectivity index (χ3v) is 5.80. The van der Waals surface area contributed by atoms with Gasteiger partial charge in [0.15, 0.2) is 0 Å². The van der Waals surface area contributed by atoms with Crippen molar-refractivity contribution in [3.05, 3.63) is 20.1 Å². The highest BCUT2D eigenvalue weighted by molar-refractivity contribution is 14.1. The Labute approximate surface area is 105 Å². The first-order chi connectivity index (χ1) is 5.46. The van der Waals surface area contributed by atoms with Crippen LogP contribution >= 0.6 is 69.0 Å². The van der Waals surface area contributed by atoms with E-state index in [4.69, 9.17) is 46.4 Å². The van der Waals surface area contributed by atoms with Gasteiger partial charge in [-0.15, -0.1) is 0 Å². The zero-order valence-corrected chi connectivity index (χ0v) is 11.2. The number of halogens is 5. The fourth-order valence-electron chi connectivity index (χ4n) is 0.879. The van der Waals surface area contributed by atoms with Crippen LogP contribution in [0.4, 0.5) is 0 Å². The lowest BCUT2D eigenvalue weighted by Crippen LogP contribution is -2.17. The van der Waals surface area contributed by atoms with Crippen LogP contribution in [0.2, 0.25) is 0 Å². The van der Waals surface area contributed by atoms with Crippen molar-refractivity contribution in [2.24, 2.45) is 5.92 Å². The van der Waals surface area contributed by atoms with Crippen molar-refractivity contribution in [2.75, 3.05) is 0 Å². The van der Waals surface area contributed by atoms with Gasteiger partial charge in [-0.25, -0.2) is 0 Å². The predicted octanol–water partition coefficient (Wildman–Crippen LogP) is 4.82. The molecular weight excluding hydrogens is 353 g/mol. The van der Waals surface area contributed by atoms with E-state index in [9.17, 15) is 0 Å². The summed E-state index contributed by atoms with van der Waals surface area (Å²) >= 11 is 25.8. The van der Waals surface area contributed by atoms with Crippen LogP contribution in [0.15, 0.2) is 20.1 Å². The molecule has 0 aromatic heterocycles. The summed E-state index contributed by atoms with van der Waals surface area (Å²) in [6, 6.07) is 0. The van der Waals surface area contributed by atoms with Crippen molar-refractivity contribution in [2.45, 2.75) is 10.8 Å². The van der Waals surface area contributed by atoms with E-state index in [0.717, 1.165) is 0 Å². The molecule has 0 aromatic carbocycles. The van der Waals surface area contributed by atoms with Crippen LogP contribution in [0.5, 0.6) is 0 Å². The number of hydrogen-bond acceptors (Lipinski definition) is 0. The fraction of sp³-hybridized carbons (Fsp3) is 0.429. The molecule has 12 heavy (non-hydrogen) atoms. The lowest BCUT2D eigenvalue weighted by molar-refractivity contribution is 0.744. The largest absolute Gasteiger partial charge is 0.0871 e. The molecule has 1 aliphatic rings. The Bertz CT molecular complexity index is 241. The van der Waals surface area contributed by atoms with E-state index in [1.54, 1.807) is 0 Å². The van der Waals surface area contributed by atoms with Crippen LogP contribution in [-0.2, 0) is 0 Å². The van der Waals surface area contributed by atoms with Gasteiger partial charge in [-0.05, 0) is 0 Å². The lowest BCUT2D eigenvalue weighted by Gasteiger charge is -2.24. The van der Waals surface area contributed by atoms with Crippen molar-refractivity contribution in [3.8, 4) is 0 Å². The standard InChI is InChI=1S/C7H5Cl4I/c1-2-3(8)4(9)5(10)6(11)7(2)12/h2,7H,1H3. The third kappa shape index (κ3) is 1.90. The molecule has 0 aliphatic heterocycles. The van der Waals surface area contributed by atoms with Gasteiger partial charge in [-0.2, -0.15) is 0 Å². The number of alkyl halides is 1. The van der Waals surface area contributed by atoms with E-state index >= 15 is 0 Å². The average Bonchev–Trinajstić information content (AvgIpc) is 2.08. The van der Waals surface area contributed by atoms with Crippen molar-refractivity contribution in [1.29, 1.82) is 0 Å². The minimum absolute atomic E-state index is 0.117. The molecule has 0 fully saturated rings. The smallest absolute Gasteiger partial charge is 0.0760 e. The molecule has 0 amide bonds. The molecule has 0 aromatic rings. The van der Waals surface area contributed by atoms with E-state index in [0.29, 0.717) is 20.1 Å². The molecule has 0 spiro atoms. The minimum Gasteiger partial charge on any atom is -0.0871 e. The van der Waals surface area contributed by atoms with Gasteiger partial charge in [0, 0.05) is 11.0 Å². The Balaban J connectivity index is 3.18. The summed E-state index contributed by atoms with van der Waals surface area (Å²) in [7, 11) is 0. The summed E-state index contributed by atoms with van der Waals surface area (Å²) in [5, 5.41) is 1.93. The molecule has 0 saturated heterocycles. The molecule has 1 rings (SSSR count). The number of hydrogen-bond donors (Lipinski definition) is 0. The summed E-state index contributed by atoms with van der Waals surface area (Å²) in [5.74, 6) is 0.134. The Kier molecular flexibility index (Phi) is 4.06. The van der Waals surface area contributed by atoms with E-state index < -0.39 is 0 Å². The van der Waals surface area contributed by atoms with Gasteiger partial charge in [0.05, 0.1) is 19.0 Å². The van der Waals surface area contributed by atoms with Gasteiger partial charge >= 0.3 is 0 Å². The first-order valence-corrected chi connectivity index (χ1v) is 5.97. The molecule has 0 nitrogen and oxygen atoms in total. The van der Waals surface area contributed by atoms with Crippen LogP contribution in [0, 0.1) is 5.92 Å². The first-order valence-electron chi connectivity index (χ1n) is 3.21. The first kappa shape index (κ1) is 11.4. The monoisotopic (exact) mass is 356 g/mol. The molecule has 68 valence electrons. The highest BCUT2D eigenvalue weighted by Crippen LogP contribution is 2.44.